The molecule has 0 spiro atoms. The summed E-state index contributed by atoms with van der Waals surface area (Å²) in [5, 5.41) is 0. The van der Waals surface area contributed by atoms with Crippen LogP contribution < -0.4 is 10.5 Å². The Balaban J connectivity index is 2.94. The van der Waals surface area contributed by atoms with Gasteiger partial charge in [0.15, 0.2) is 0 Å². The first kappa shape index (κ1) is 13.7. The molecule has 0 atom stereocenters. The van der Waals surface area contributed by atoms with E-state index in [2.05, 4.69) is 4.72 Å². The van der Waals surface area contributed by atoms with E-state index >= 15 is 0 Å². The quantitative estimate of drug-likeness (QED) is 0.787. The highest BCUT2D eigenvalue weighted by Gasteiger charge is 2.18. The summed E-state index contributed by atoms with van der Waals surface area (Å²) < 4.78 is 40.3. The van der Waals surface area contributed by atoms with Crippen molar-refractivity contribution < 1.29 is 12.8 Å². The van der Waals surface area contributed by atoms with Crippen LogP contribution in [0.5, 0.6) is 0 Å². The van der Waals surface area contributed by atoms with Gasteiger partial charge in [-0.15, -0.1) is 0 Å². The van der Waals surface area contributed by atoms with Gasteiger partial charge in [-0.3, -0.25) is 4.72 Å². The Morgan fingerprint density at radius 2 is 1.94 bits per heavy atom. The van der Waals surface area contributed by atoms with Crippen molar-refractivity contribution >= 4 is 21.6 Å². The molecular weight excluding hydrogens is 245 g/mol. The van der Waals surface area contributed by atoms with Gasteiger partial charge in [-0.05, 0) is 12.1 Å². The Morgan fingerprint density at radius 1 is 1.35 bits per heavy atom. The molecule has 0 saturated carbocycles. The molecule has 0 fully saturated rings. The van der Waals surface area contributed by atoms with Crippen LogP contribution >= 0.6 is 0 Å². The van der Waals surface area contributed by atoms with Gasteiger partial charge >= 0.3 is 10.2 Å². The SMILES string of the molecule is CCN(CC)S(=O)(=O)Nc1ccc(N)c(F)c1. The Bertz CT molecular complexity index is 486. The Kier molecular flexibility index (Phi) is 4.30. The van der Waals surface area contributed by atoms with Crippen LogP contribution in [0.4, 0.5) is 15.8 Å². The van der Waals surface area contributed by atoms with Crippen molar-refractivity contribution in [2.45, 2.75) is 13.8 Å². The highest BCUT2D eigenvalue weighted by atomic mass is 32.2. The van der Waals surface area contributed by atoms with Gasteiger partial charge < -0.3 is 5.73 Å². The molecule has 3 N–H and O–H groups in total. The van der Waals surface area contributed by atoms with E-state index in [1.54, 1.807) is 13.8 Å². The van der Waals surface area contributed by atoms with Crippen molar-refractivity contribution in [3.63, 3.8) is 0 Å². The molecule has 17 heavy (non-hydrogen) atoms. The molecule has 0 unspecified atom stereocenters. The monoisotopic (exact) mass is 261 g/mol. The average Bonchev–Trinajstić information content (AvgIpc) is 2.24. The van der Waals surface area contributed by atoms with Gasteiger partial charge in [-0.2, -0.15) is 12.7 Å². The summed E-state index contributed by atoms with van der Waals surface area (Å²) in [6.07, 6.45) is 0. The molecule has 96 valence electrons. The van der Waals surface area contributed by atoms with Crippen LogP contribution in [0.3, 0.4) is 0 Å². The fourth-order valence-electron chi connectivity index (χ4n) is 1.37. The maximum absolute atomic E-state index is 13.1. The number of nitrogens with zero attached hydrogens (tertiary/aromatic N) is 1. The number of halogens is 1. The third kappa shape index (κ3) is 3.31. The van der Waals surface area contributed by atoms with E-state index in [-0.39, 0.29) is 11.4 Å². The lowest BCUT2D eigenvalue weighted by Crippen LogP contribution is -2.35. The molecule has 0 aromatic heterocycles. The predicted molar refractivity (Wildman–Crippen MR) is 66.3 cm³/mol. The first-order valence-electron chi connectivity index (χ1n) is 5.23. The third-order valence-corrected chi connectivity index (χ3v) is 3.98. The van der Waals surface area contributed by atoms with Gasteiger partial charge in [0.2, 0.25) is 0 Å². The molecule has 1 aromatic carbocycles. The standard InChI is InChI=1S/C10H16FN3O2S/c1-3-14(4-2)17(15,16)13-8-5-6-10(12)9(11)7-8/h5-7,13H,3-4,12H2,1-2H3. The van der Waals surface area contributed by atoms with Gasteiger partial charge in [0, 0.05) is 19.2 Å². The molecule has 0 radical (unpaired) electrons. The number of nitrogens with one attached hydrogen (secondary N) is 1. The smallest absolute Gasteiger partial charge is 0.301 e. The lowest BCUT2D eigenvalue weighted by molar-refractivity contribution is 0.449. The molecule has 1 rings (SSSR count). The van der Waals surface area contributed by atoms with Gasteiger partial charge in [0.25, 0.3) is 0 Å². The fraction of sp³-hybridized carbons (Fsp3) is 0.400. The second-order valence-electron chi connectivity index (χ2n) is 3.43. The van der Waals surface area contributed by atoms with Crippen LogP contribution in [0.2, 0.25) is 0 Å². The average molecular weight is 261 g/mol. The lowest BCUT2D eigenvalue weighted by Gasteiger charge is -2.19. The summed E-state index contributed by atoms with van der Waals surface area (Å²) in [7, 11) is -3.63. The number of nitrogens with two attached hydrogens (primary N) is 1. The van der Waals surface area contributed by atoms with Crippen LogP contribution in [-0.2, 0) is 10.2 Å². The molecule has 1 aromatic rings. The van der Waals surface area contributed by atoms with E-state index in [9.17, 15) is 12.8 Å². The summed E-state index contributed by atoms with van der Waals surface area (Å²) in [4.78, 5) is 0. The first-order valence-corrected chi connectivity index (χ1v) is 6.67. The Hall–Kier alpha value is -1.34. The molecule has 0 aliphatic carbocycles. The number of rotatable bonds is 5. The largest absolute Gasteiger partial charge is 0.396 e. The van der Waals surface area contributed by atoms with Gasteiger partial charge in [0.1, 0.15) is 5.82 Å². The highest BCUT2D eigenvalue weighted by molar-refractivity contribution is 7.90. The zero-order chi connectivity index (χ0) is 13.1. The first-order chi connectivity index (χ1) is 7.90. The minimum absolute atomic E-state index is 0.0178. The topological polar surface area (TPSA) is 75.4 Å². The maximum atomic E-state index is 13.1. The van der Waals surface area contributed by atoms with Crippen molar-refractivity contribution in [3.8, 4) is 0 Å². The van der Waals surface area contributed by atoms with E-state index < -0.39 is 16.0 Å². The maximum Gasteiger partial charge on any atom is 0.301 e. The molecule has 0 saturated heterocycles. The number of anilines is 2. The summed E-state index contributed by atoms with van der Waals surface area (Å²) >= 11 is 0. The number of benzene rings is 1. The van der Waals surface area contributed by atoms with Crippen LogP contribution in [0.25, 0.3) is 0 Å². The predicted octanol–water partition coefficient (Wildman–Crippen LogP) is 1.41. The molecular formula is C10H16FN3O2S. The number of nitrogen functional groups attached to an aromatic ring is 1. The highest BCUT2D eigenvalue weighted by Crippen LogP contribution is 2.17. The molecule has 0 heterocycles. The number of hydrogen-bond donors (Lipinski definition) is 2. The van der Waals surface area contributed by atoms with Crippen molar-refractivity contribution in [2.24, 2.45) is 0 Å². The Morgan fingerprint density at radius 3 is 2.41 bits per heavy atom. The lowest BCUT2D eigenvalue weighted by atomic mass is 10.3. The van der Waals surface area contributed by atoms with Crippen LogP contribution in [-0.4, -0.2) is 25.8 Å². The second-order valence-corrected chi connectivity index (χ2v) is 5.10. The summed E-state index contributed by atoms with van der Waals surface area (Å²) in [6.45, 7) is 4.16. The van der Waals surface area contributed by atoms with Crippen molar-refractivity contribution in [1.29, 1.82) is 0 Å². The summed E-state index contributed by atoms with van der Waals surface area (Å²) in [6, 6.07) is 3.78. The van der Waals surface area contributed by atoms with Crippen molar-refractivity contribution in [2.75, 3.05) is 23.5 Å². The molecule has 0 amide bonds. The molecule has 7 heteroatoms. The minimum atomic E-state index is -3.63. The van der Waals surface area contributed by atoms with E-state index in [0.717, 1.165) is 6.07 Å². The fourth-order valence-corrected chi connectivity index (χ4v) is 2.60. The molecule has 0 aliphatic heterocycles. The van der Waals surface area contributed by atoms with Gasteiger partial charge in [-0.1, -0.05) is 13.8 Å². The van der Waals surface area contributed by atoms with Gasteiger partial charge in [0.05, 0.1) is 11.4 Å². The van der Waals surface area contributed by atoms with E-state index in [0.29, 0.717) is 13.1 Å². The third-order valence-electron chi connectivity index (χ3n) is 2.29. The van der Waals surface area contributed by atoms with E-state index in [1.807, 2.05) is 0 Å². The number of hydrogen-bond acceptors (Lipinski definition) is 3. The molecule has 0 aliphatic rings. The van der Waals surface area contributed by atoms with Crippen LogP contribution in [0, 0.1) is 5.82 Å². The van der Waals surface area contributed by atoms with Crippen LogP contribution in [0.1, 0.15) is 13.8 Å². The van der Waals surface area contributed by atoms with Crippen molar-refractivity contribution in [3.05, 3.63) is 24.0 Å². The Labute approximate surface area is 101 Å². The second kappa shape index (κ2) is 5.33. The minimum Gasteiger partial charge on any atom is -0.396 e. The summed E-state index contributed by atoms with van der Waals surface area (Å²) in [5.74, 6) is -0.648. The normalized spacial score (nSPS) is 11.8. The molecule has 5 nitrogen and oxygen atoms in total. The van der Waals surface area contributed by atoms with Gasteiger partial charge in [-0.25, -0.2) is 4.39 Å². The zero-order valence-electron chi connectivity index (χ0n) is 9.77. The van der Waals surface area contributed by atoms with E-state index in [1.165, 1.54) is 16.4 Å². The van der Waals surface area contributed by atoms with Crippen LogP contribution in [0.15, 0.2) is 18.2 Å². The van der Waals surface area contributed by atoms with Crippen molar-refractivity contribution in [1.82, 2.24) is 4.31 Å². The zero-order valence-corrected chi connectivity index (χ0v) is 10.6. The summed E-state index contributed by atoms with van der Waals surface area (Å²) in [5.41, 5.74) is 5.44. The molecule has 0 bridgehead atoms. The van der Waals surface area contributed by atoms with E-state index in [4.69, 9.17) is 5.73 Å².